The van der Waals surface area contributed by atoms with Gasteiger partial charge in [-0.2, -0.15) is 0 Å². The van der Waals surface area contributed by atoms with Crippen molar-refractivity contribution < 1.29 is 9.26 Å². The fraction of sp³-hybridized carbons (Fsp3) is 0.300. The fourth-order valence-electron chi connectivity index (χ4n) is 2.74. The topological polar surface area (TPSA) is 57.3 Å². The smallest absolute Gasteiger partial charge is 0.381 e. The molecule has 0 fully saturated rings. The van der Waals surface area contributed by atoms with Gasteiger partial charge < -0.3 is 4.74 Å². The van der Waals surface area contributed by atoms with Crippen LogP contribution in [0.4, 0.5) is 0 Å². The molecule has 1 heterocycles. The molecule has 0 radical (unpaired) electrons. The monoisotopic (exact) mass is 338 g/mol. The van der Waals surface area contributed by atoms with Crippen LogP contribution in [0, 0.1) is 6.92 Å². The second-order valence-corrected chi connectivity index (χ2v) is 5.94. The zero-order valence-corrected chi connectivity index (χ0v) is 14.4. The summed E-state index contributed by atoms with van der Waals surface area (Å²) in [6.07, 6.45) is 1.62. The Hall–Kier alpha value is -2.66. The Labute approximate surface area is 146 Å². The van der Waals surface area contributed by atoms with Gasteiger partial charge in [-0.05, 0) is 30.9 Å². The van der Waals surface area contributed by atoms with Gasteiger partial charge in [0.1, 0.15) is 0 Å². The van der Waals surface area contributed by atoms with Gasteiger partial charge in [-0.3, -0.25) is 9.09 Å². The van der Waals surface area contributed by atoms with E-state index in [1.54, 1.807) is 4.57 Å². The minimum Gasteiger partial charge on any atom is -0.381 e. The van der Waals surface area contributed by atoms with Gasteiger partial charge in [-0.1, -0.05) is 59.8 Å². The molecule has 0 unspecified atom stereocenters. The molecule has 0 saturated carbocycles. The molecule has 0 aliphatic rings. The van der Waals surface area contributed by atoms with E-state index in [-0.39, 0.29) is 0 Å². The van der Waals surface area contributed by atoms with Crippen LogP contribution in [0.15, 0.2) is 63.9 Å². The van der Waals surface area contributed by atoms with Crippen LogP contribution in [0.2, 0.25) is 0 Å². The van der Waals surface area contributed by atoms with Crippen LogP contribution in [-0.4, -0.2) is 22.9 Å². The highest BCUT2D eigenvalue weighted by atomic mass is 16.5. The quantitative estimate of drug-likeness (QED) is 0.590. The third-order valence-electron chi connectivity index (χ3n) is 4.12. The summed E-state index contributed by atoms with van der Waals surface area (Å²) in [6, 6.07) is 18.1. The molecule has 25 heavy (non-hydrogen) atoms. The molecule has 130 valence electrons. The van der Waals surface area contributed by atoms with E-state index in [2.05, 4.69) is 17.3 Å². The van der Waals surface area contributed by atoms with Crippen molar-refractivity contribution in [2.24, 2.45) is 0 Å². The van der Waals surface area contributed by atoms with Crippen molar-refractivity contribution in [1.82, 2.24) is 9.72 Å². The summed E-state index contributed by atoms with van der Waals surface area (Å²) < 4.78 is 12.1. The van der Waals surface area contributed by atoms with Gasteiger partial charge in [0.05, 0.1) is 6.61 Å². The Morgan fingerprint density at radius 3 is 2.60 bits per heavy atom. The van der Waals surface area contributed by atoms with Crippen molar-refractivity contribution in [2.45, 2.75) is 26.3 Å². The maximum atomic E-state index is 11.9. The Balaban J connectivity index is 1.51. The lowest BCUT2D eigenvalue weighted by Gasteiger charge is -2.07. The van der Waals surface area contributed by atoms with E-state index in [1.807, 2.05) is 49.4 Å². The maximum absolute atomic E-state index is 11.9. The second kappa shape index (κ2) is 8.44. The highest BCUT2D eigenvalue weighted by molar-refractivity contribution is 5.59. The molecule has 3 rings (SSSR count). The van der Waals surface area contributed by atoms with Gasteiger partial charge in [-0.15, -0.1) is 0 Å². The van der Waals surface area contributed by atoms with E-state index >= 15 is 0 Å². The third kappa shape index (κ3) is 4.45. The average Bonchev–Trinajstić information content (AvgIpc) is 3.00. The summed E-state index contributed by atoms with van der Waals surface area (Å²) in [7, 11) is 0. The molecule has 5 nitrogen and oxygen atoms in total. The average molecular weight is 338 g/mol. The zero-order valence-electron chi connectivity index (χ0n) is 14.4. The van der Waals surface area contributed by atoms with Crippen LogP contribution in [-0.2, 0) is 17.7 Å². The number of hydrogen-bond acceptors (Lipinski definition) is 4. The number of aromatic nitrogens is 2. The summed E-state index contributed by atoms with van der Waals surface area (Å²) in [5, 5.41) is 3.94. The molecule has 3 aromatic rings. The zero-order chi connectivity index (χ0) is 17.5. The molecule has 5 heteroatoms. The Bertz CT molecular complexity index is 853. The van der Waals surface area contributed by atoms with Crippen molar-refractivity contribution in [3.8, 4) is 11.4 Å². The van der Waals surface area contributed by atoms with E-state index in [1.165, 1.54) is 5.56 Å². The lowest BCUT2D eigenvalue weighted by Crippen LogP contribution is -2.17. The summed E-state index contributed by atoms with van der Waals surface area (Å²) in [6.45, 7) is 3.79. The van der Waals surface area contributed by atoms with Crippen molar-refractivity contribution in [3.05, 3.63) is 76.3 Å². The minimum atomic E-state index is -0.428. The van der Waals surface area contributed by atoms with Crippen molar-refractivity contribution in [3.63, 3.8) is 0 Å². The third-order valence-corrected chi connectivity index (χ3v) is 4.12. The predicted octanol–water partition coefficient (Wildman–Crippen LogP) is 3.46. The first-order valence-electron chi connectivity index (χ1n) is 8.50. The number of aryl methyl sites for hydroxylation is 1. The molecule has 0 spiro atoms. The predicted molar refractivity (Wildman–Crippen MR) is 96.5 cm³/mol. The van der Waals surface area contributed by atoms with Crippen LogP contribution in [0.5, 0.6) is 0 Å². The summed E-state index contributed by atoms with van der Waals surface area (Å²) in [4.78, 5) is 11.9. The van der Waals surface area contributed by atoms with Gasteiger partial charge in [0.25, 0.3) is 0 Å². The summed E-state index contributed by atoms with van der Waals surface area (Å²) in [5.41, 5.74) is 3.24. The molecule has 0 aliphatic heterocycles. The first-order valence-corrected chi connectivity index (χ1v) is 8.50. The van der Waals surface area contributed by atoms with E-state index in [9.17, 15) is 4.79 Å². The number of nitrogens with zero attached hydrogens (tertiary/aromatic N) is 2. The van der Waals surface area contributed by atoms with Crippen molar-refractivity contribution in [1.29, 1.82) is 0 Å². The van der Waals surface area contributed by atoms with Gasteiger partial charge >= 0.3 is 5.76 Å². The Morgan fingerprint density at radius 1 is 1.04 bits per heavy atom. The minimum absolute atomic E-state index is 0.428. The molecule has 0 atom stereocenters. The van der Waals surface area contributed by atoms with Gasteiger partial charge in [0, 0.05) is 18.7 Å². The molecule has 0 bridgehead atoms. The van der Waals surface area contributed by atoms with Crippen molar-refractivity contribution >= 4 is 0 Å². The first kappa shape index (κ1) is 17.2. The van der Waals surface area contributed by atoms with Crippen LogP contribution in [0.25, 0.3) is 11.4 Å². The Kier molecular flexibility index (Phi) is 5.80. The Morgan fingerprint density at radius 2 is 1.80 bits per heavy atom. The largest absolute Gasteiger partial charge is 0.441 e. The molecular weight excluding hydrogens is 316 g/mol. The van der Waals surface area contributed by atoms with E-state index in [0.29, 0.717) is 25.6 Å². The SMILES string of the molecule is Cc1ccccc1-c1noc(=O)n1CCCOCCc1ccccc1. The molecular formula is C20H22N2O3. The van der Waals surface area contributed by atoms with Crippen LogP contribution < -0.4 is 5.76 Å². The highest BCUT2D eigenvalue weighted by Crippen LogP contribution is 2.20. The lowest BCUT2D eigenvalue weighted by molar-refractivity contribution is 0.131. The molecule has 0 N–H and O–H groups in total. The van der Waals surface area contributed by atoms with E-state index in [4.69, 9.17) is 9.26 Å². The standard InChI is InChI=1S/C20H22N2O3/c1-16-8-5-6-11-18(16)19-21-25-20(23)22(19)13-7-14-24-15-12-17-9-3-2-4-10-17/h2-6,8-11H,7,12-15H2,1H3. The van der Waals surface area contributed by atoms with Crippen molar-refractivity contribution in [2.75, 3.05) is 13.2 Å². The maximum Gasteiger partial charge on any atom is 0.441 e. The van der Waals surface area contributed by atoms with E-state index in [0.717, 1.165) is 24.0 Å². The molecule has 2 aromatic carbocycles. The normalized spacial score (nSPS) is 10.9. The van der Waals surface area contributed by atoms with Crippen LogP contribution >= 0.6 is 0 Å². The van der Waals surface area contributed by atoms with E-state index < -0.39 is 5.76 Å². The van der Waals surface area contributed by atoms with Gasteiger partial charge in [0.2, 0.25) is 0 Å². The molecule has 0 amide bonds. The van der Waals surface area contributed by atoms with Crippen LogP contribution in [0.1, 0.15) is 17.5 Å². The number of benzene rings is 2. The van der Waals surface area contributed by atoms with Gasteiger partial charge in [-0.25, -0.2) is 4.79 Å². The second-order valence-electron chi connectivity index (χ2n) is 5.94. The first-order chi connectivity index (χ1) is 12.3. The van der Waals surface area contributed by atoms with Crippen LogP contribution in [0.3, 0.4) is 0 Å². The number of ether oxygens (including phenoxy) is 1. The van der Waals surface area contributed by atoms with Gasteiger partial charge in [0.15, 0.2) is 5.82 Å². The molecule has 0 saturated heterocycles. The molecule has 1 aromatic heterocycles. The number of rotatable bonds is 8. The summed E-state index contributed by atoms with van der Waals surface area (Å²) in [5.74, 6) is 0.148. The fourth-order valence-corrected chi connectivity index (χ4v) is 2.74. The number of hydrogen-bond donors (Lipinski definition) is 0. The molecule has 0 aliphatic carbocycles. The highest BCUT2D eigenvalue weighted by Gasteiger charge is 2.13. The summed E-state index contributed by atoms with van der Waals surface area (Å²) >= 11 is 0. The lowest BCUT2D eigenvalue weighted by atomic mass is 10.1.